The number of nitrogens with zero attached hydrogens (tertiary/aromatic N) is 1. The van der Waals surface area contributed by atoms with Crippen LogP contribution < -0.4 is 16.4 Å². The standard InChI is InChI=1S/C18H28N4O2.2ClH/c19-11-5-6-17(23)20-15-7-9-16(10-8-15)21-18(24)14-22-12-3-1-2-4-13-22;;/h7-10H,1-6,11-14,19H2,(H,20,23)(H,21,24);2*1H. The molecular weight excluding hydrogens is 375 g/mol. The Morgan fingerprint density at radius 2 is 1.38 bits per heavy atom. The molecular formula is C18H30Cl2N4O2. The Morgan fingerprint density at radius 1 is 0.885 bits per heavy atom. The monoisotopic (exact) mass is 404 g/mol. The van der Waals surface area contributed by atoms with Gasteiger partial charge in [0.2, 0.25) is 11.8 Å². The number of carbonyl (C=O) groups excluding carboxylic acids is 2. The molecule has 1 aliphatic heterocycles. The minimum Gasteiger partial charge on any atom is -0.330 e. The van der Waals surface area contributed by atoms with Gasteiger partial charge in [-0.1, -0.05) is 12.8 Å². The highest BCUT2D eigenvalue weighted by Gasteiger charge is 2.13. The lowest BCUT2D eigenvalue weighted by atomic mass is 10.2. The number of hydrogen-bond donors (Lipinski definition) is 3. The van der Waals surface area contributed by atoms with Crippen molar-refractivity contribution in [3.05, 3.63) is 24.3 Å². The van der Waals surface area contributed by atoms with Gasteiger partial charge >= 0.3 is 0 Å². The number of amides is 2. The van der Waals surface area contributed by atoms with Crippen LogP contribution in [0.5, 0.6) is 0 Å². The summed E-state index contributed by atoms with van der Waals surface area (Å²) in [5, 5.41) is 5.73. The molecule has 0 atom stereocenters. The van der Waals surface area contributed by atoms with Crippen molar-refractivity contribution < 1.29 is 9.59 Å². The van der Waals surface area contributed by atoms with Crippen LogP contribution in [-0.2, 0) is 9.59 Å². The zero-order chi connectivity index (χ0) is 17.2. The summed E-state index contributed by atoms with van der Waals surface area (Å²) in [4.78, 5) is 26.0. The van der Waals surface area contributed by atoms with E-state index in [-0.39, 0.29) is 36.6 Å². The average Bonchev–Trinajstić information content (AvgIpc) is 2.83. The van der Waals surface area contributed by atoms with Crippen molar-refractivity contribution in [2.75, 3.05) is 36.8 Å². The Kier molecular flexibility index (Phi) is 13.1. The van der Waals surface area contributed by atoms with Crippen molar-refractivity contribution >= 4 is 48.0 Å². The highest BCUT2D eigenvalue weighted by Crippen LogP contribution is 2.14. The van der Waals surface area contributed by atoms with Crippen molar-refractivity contribution in [3.63, 3.8) is 0 Å². The fourth-order valence-corrected chi connectivity index (χ4v) is 2.82. The molecule has 0 spiro atoms. The molecule has 1 aromatic carbocycles. The third-order valence-electron chi connectivity index (χ3n) is 4.13. The summed E-state index contributed by atoms with van der Waals surface area (Å²) in [5.74, 6) is -0.0324. The smallest absolute Gasteiger partial charge is 0.238 e. The summed E-state index contributed by atoms with van der Waals surface area (Å²) in [6, 6.07) is 7.20. The molecule has 26 heavy (non-hydrogen) atoms. The zero-order valence-electron chi connectivity index (χ0n) is 15.0. The average molecular weight is 405 g/mol. The van der Waals surface area contributed by atoms with E-state index < -0.39 is 0 Å². The number of carbonyl (C=O) groups is 2. The maximum Gasteiger partial charge on any atom is 0.238 e. The first kappa shape index (κ1) is 24.7. The molecule has 0 aliphatic carbocycles. The number of likely N-dealkylation sites (tertiary alicyclic amines) is 1. The van der Waals surface area contributed by atoms with Crippen LogP contribution in [0.2, 0.25) is 0 Å². The van der Waals surface area contributed by atoms with E-state index in [9.17, 15) is 9.59 Å². The second kappa shape index (κ2) is 13.8. The van der Waals surface area contributed by atoms with E-state index >= 15 is 0 Å². The van der Waals surface area contributed by atoms with Gasteiger partial charge in [0.25, 0.3) is 0 Å². The summed E-state index contributed by atoms with van der Waals surface area (Å²) in [5.41, 5.74) is 6.86. The molecule has 2 rings (SSSR count). The van der Waals surface area contributed by atoms with Crippen LogP contribution in [0.15, 0.2) is 24.3 Å². The Hall–Kier alpha value is -1.34. The van der Waals surface area contributed by atoms with Crippen LogP contribution in [0.4, 0.5) is 11.4 Å². The third kappa shape index (κ3) is 9.38. The highest BCUT2D eigenvalue weighted by atomic mass is 35.5. The van der Waals surface area contributed by atoms with E-state index in [0.717, 1.165) is 24.5 Å². The van der Waals surface area contributed by atoms with Gasteiger partial charge in [0.05, 0.1) is 6.54 Å². The number of halogens is 2. The summed E-state index contributed by atoms with van der Waals surface area (Å²) in [6.07, 6.45) is 5.96. The molecule has 2 amide bonds. The molecule has 1 fully saturated rings. The van der Waals surface area contributed by atoms with Crippen LogP contribution in [-0.4, -0.2) is 42.9 Å². The molecule has 8 heteroatoms. The maximum atomic E-state index is 12.1. The molecule has 0 unspecified atom stereocenters. The Morgan fingerprint density at radius 3 is 1.88 bits per heavy atom. The second-order valence-corrected chi connectivity index (χ2v) is 6.26. The van der Waals surface area contributed by atoms with Gasteiger partial charge in [-0.15, -0.1) is 24.8 Å². The van der Waals surface area contributed by atoms with Crippen LogP contribution >= 0.6 is 24.8 Å². The number of benzene rings is 1. The lowest BCUT2D eigenvalue weighted by Gasteiger charge is -2.19. The molecule has 0 saturated carbocycles. The molecule has 1 aliphatic rings. The largest absolute Gasteiger partial charge is 0.330 e. The van der Waals surface area contributed by atoms with Crippen LogP contribution in [0, 0.1) is 0 Å². The van der Waals surface area contributed by atoms with E-state index in [0.29, 0.717) is 25.9 Å². The third-order valence-corrected chi connectivity index (χ3v) is 4.13. The predicted octanol–water partition coefficient (Wildman–Crippen LogP) is 3.02. The second-order valence-electron chi connectivity index (χ2n) is 6.26. The van der Waals surface area contributed by atoms with Gasteiger partial charge in [0, 0.05) is 17.8 Å². The Labute approximate surface area is 168 Å². The van der Waals surface area contributed by atoms with Crippen molar-refractivity contribution in [1.29, 1.82) is 0 Å². The fourth-order valence-electron chi connectivity index (χ4n) is 2.82. The van der Waals surface area contributed by atoms with E-state index in [1.807, 2.05) is 0 Å². The fraction of sp³-hybridized carbons (Fsp3) is 0.556. The number of rotatable bonds is 7. The molecule has 148 valence electrons. The van der Waals surface area contributed by atoms with Crippen molar-refractivity contribution in [1.82, 2.24) is 4.90 Å². The lowest BCUT2D eigenvalue weighted by molar-refractivity contribution is -0.117. The molecule has 1 saturated heterocycles. The predicted molar refractivity (Wildman–Crippen MR) is 111 cm³/mol. The van der Waals surface area contributed by atoms with Gasteiger partial charge in [-0.2, -0.15) is 0 Å². The van der Waals surface area contributed by atoms with Crippen LogP contribution in [0.3, 0.4) is 0 Å². The number of nitrogens with one attached hydrogen (secondary N) is 2. The first-order chi connectivity index (χ1) is 11.7. The summed E-state index contributed by atoms with van der Waals surface area (Å²) >= 11 is 0. The molecule has 4 N–H and O–H groups in total. The van der Waals surface area contributed by atoms with Crippen LogP contribution in [0.25, 0.3) is 0 Å². The van der Waals surface area contributed by atoms with Crippen molar-refractivity contribution in [2.45, 2.75) is 38.5 Å². The van der Waals surface area contributed by atoms with Crippen molar-refractivity contribution in [2.24, 2.45) is 5.73 Å². The summed E-state index contributed by atoms with van der Waals surface area (Å²) in [7, 11) is 0. The van der Waals surface area contributed by atoms with E-state index in [1.54, 1.807) is 24.3 Å². The minimum absolute atomic E-state index is 0. The molecule has 0 aromatic heterocycles. The van der Waals surface area contributed by atoms with Gasteiger partial charge in [-0.3, -0.25) is 14.5 Å². The molecule has 0 radical (unpaired) electrons. The van der Waals surface area contributed by atoms with Gasteiger partial charge in [0.1, 0.15) is 0 Å². The molecule has 0 bridgehead atoms. The van der Waals surface area contributed by atoms with Crippen molar-refractivity contribution in [3.8, 4) is 0 Å². The minimum atomic E-state index is -0.0431. The zero-order valence-corrected chi connectivity index (χ0v) is 16.7. The summed E-state index contributed by atoms with van der Waals surface area (Å²) < 4.78 is 0. The first-order valence-electron chi connectivity index (χ1n) is 8.79. The Balaban J connectivity index is 0.00000312. The number of hydrogen-bond acceptors (Lipinski definition) is 4. The first-order valence-corrected chi connectivity index (χ1v) is 8.79. The molecule has 6 nitrogen and oxygen atoms in total. The maximum absolute atomic E-state index is 12.1. The van der Waals surface area contributed by atoms with E-state index in [4.69, 9.17) is 5.73 Å². The SMILES string of the molecule is Cl.Cl.NCCCC(=O)Nc1ccc(NC(=O)CN2CCCCCC2)cc1. The van der Waals surface area contributed by atoms with Crippen LogP contribution in [0.1, 0.15) is 38.5 Å². The summed E-state index contributed by atoms with van der Waals surface area (Å²) in [6.45, 7) is 2.95. The Bertz CT molecular complexity index is 532. The molecule has 1 heterocycles. The normalized spacial score (nSPS) is 14.3. The highest BCUT2D eigenvalue weighted by molar-refractivity contribution is 5.93. The van der Waals surface area contributed by atoms with Gasteiger partial charge in [-0.25, -0.2) is 0 Å². The number of nitrogens with two attached hydrogens (primary N) is 1. The lowest BCUT2D eigenvalue weighted by Crippen LogP contribution is -2.33. The topological polar surface area (TPSA) is 87.5 Å². The van der Waals surface area contributed by atoms with Gasteiger partial charge in [-0.05, 0) is 63.2 Å². The molecule has 1 aromatic rings. The van der Waals surface area contributed by atoms with E-state index in [2.05, 4.69) is 15.5 Å². The van der Waals surface area contributed by atoms with E-state index in [1.165, 1.54) is 25.7 Å². The quantitative estimate of drug-likeness (QED) is 0.651. The van der Waals surface area contributed by atoms with Gasteiger partial charge in [0.15, 0.2) is 0 Å². The van der Waals surface area contributed by atoms with Gasteiger partial charge < -0.3 is 16.4 Å². The number of anilines is 2.